The van der Waals surface area contributed by atoms with Gasteiger partial charge in [0.15, 0.2) is 5.78 Å². The van der Waals surface area contributed by atoms with Gasteiger partial charge in [-0.25, -0.2) is 19.6 Å². The molecule has 0 bridgehead atoms. The summed E-state index contributed by atoms with van der Waals surface area (Å²) in [5.41, 5.74) is -2.30. The number of benzene rings is 1. The molecule has 0 atom stereocenters. The minimum Gasteiger partial charge on any atom is -0.464 e. The lowest BCUT2D eigenvalue weighted by Gasteiger charge is -2.30. The molecular formula is C16H13ClN2O5S. The smallest absolute Gasteiger partial charge is 0.354 e. The van der Waals surface area contributed by atoms with Gasteiger partial charge < -0.3 is 9.47 Å². The Balaban J connectivity index is 2.68. The number of ketones is 1. The number of Topliss-reactive ketones (excluding diaryl/α,β-unsaturated/α-hetero) is 1. The summed E-state index contributed by atoms with van der Waals surface area (Å²) in [4.78, 5) is 45.2. The molecule has 1 heterocycles. The Morgan fingerprint density at radius 1 is 1.00 bits per heavy atom. The first-order valence-electron chi connectivity index (χ1n) is 6.95. The van der Waals surface area contributed by atoms with Crippen molar-refractivity contribution in [2.24, 2.45) is 15.4 Å². The first-order chi connectivity index (χ1) is 11.7. The van der Waals surface area contributed by atoms with E-state index in [-0.39, 0.29) is 22.1 Å². The van der Waals surface area contributed by atoms with Gasteiger partial charge >= 0.3 is 11.9 Å². The Morgan fingerprint density at radius 2 is 1.44 bits per heavy atom. The molecule has 0 aliphatic carbocycles. The van der Waals surface area contributed by atoms with E-state index in [1.165, 1.54) is 31.2 Å². The monoisotopic (exact) mass is 380 g/mol. The number of hydrogen-bond acceptors (Lipinski definition) is 6. The van der Waals surface area contributed by atoms with E-state index >= 15 is 0 Å². The first kappa shape index (κ1) is 18.9. The molecule has 0 fully saturated rings. The molecule has 1 aromatic rings. The SMILES string of the molecule is COC(=O)C1=NC(=S)N=C(C(=O)OC)C1(C)C(=O)c1ccc(Cl)cc1. The van der Waals surface area contributed by atoms with Crippen molar-refractivity contribution < 1.29 is 23.9 Å². The van der Waals surface area contributed by atoms with Crippen molar-refractivity contribution in [3.05, 3.63) is 34.9 Å². The van der Waals surface area contributed by atoms with Crippen LogP contribution in [0.15, 0.2) is 34.3 Å². The first-order valence-corrected chi connectivity index (χ1v) is 7.73. The Hall–Kier alpha value is -2.45. The van der Waals surface area contributed by atoms with Crippen LogP contribution in [-0.2, 0) is 19.1 Å². The van der Waals surface area contributed by atoms with Gasteiger partial charge in [0.2, 0.25) is 5.11 Å². The normalized spacial score (nSPS) is 15.8. The molecule has 1 aliphatic heterocycles. The Kier molecular flexibility index (Phi) is 5.44. The lowest BCUT2D eigenvalue weighted by Crippen LogP contribution is -2.52. The van der Waals surface area contributed by atoms with Crippen LogP contribution in [0.4, 0.5) is 0 Å². The fourth-order valence-corrected chi connectivity index (χ4v) is 2.66. The average Bonchev–Trinajstić information content (AvgIpc) is 2.61. The molecule has 0 N–H and O–H groups in total. The highest BCUT2D eigenvalue weighted by Gasteiger charge is 2.52. The third kappa shape index (κ3) is 3.35. The van der Waals surface area contributed by atoms with Crippen molar-refractivity contribution >= 4 is 58.1 Å². The number of halogens is 1. The standard InChI is InChI=1S/C16H13ClN2O5S/c1-16(12(20)8-4-6-9(17)7-5-8)10(13(21)23-2)18-15(25)19-11(16)14(22)24-3/h4-7H,1-3H3. The van der Waals surface area contributed by atoms with Crippen LogP contribution in [0.25, 0.3) is 0 Å². The summed E-state index contributed by atoms with van der Waals surface area (Å²) in [6.45, 7) is 1.34. The number of ether oxygens (including phenoxy) is 2. The summed E-state index contributed by atoms with van der Waals surface area (Å²) in [5, 5.41) is 0.150. The van der Waals surface area contributed by atoms with E-state index < -0.39 is 23.1 Å². The molecule has 0 radical (unpaired) electrons. The molecule has 1 aliphatic rings. The predicted molar refractivity (Wildman–Crippen MR) is 95.4 cm³/mol. The van der Waals surface area contributed by atoms with Crippen molar-refractivity contribution in [1.82, 2.24) is 0 Å². The van der Waals surface area contributed by atoms with E-state index in [0.29, 0.717) is 5.02 Å². The van der Waals surface area contributed by atoms with Crippen molar-refractivity contribution in [3.63, 3.8) is 0 Å². The Labute approximate surface area is 153 Å². The van der Waals surface area contributed by atoms with E-state index in [4.69, 9.17) is 33.3 Å². The minimum atomic E-state index is -1.82. The zero-order valence-electron chi connectivity index (χ0n) is 13.5. The van der Waals surface area contributed by atoms with Crippen LogP contribution >= 0.6 is 23.8 Å². The zero-order valence-corrected chi connectivity index (χ0v) is 15.1. The molecule has 130 valence electrons. The van der Waals surface area contributed by atoms with Gasteiger partial charge in [-0.2, -0.15) is 0 Å². The summed E-state index contributed by atoms with van der Waals surface area (Å²) in [5.74, 6) is -2.40. The molecule has 9 heteroatoms. The van der Waals surface area contributed by atoms with Gasteiger partial charge in [-0.1, -0.05) is 11.6 Å². The molecule has 0 aromatic heterocycles. The second-order valence-electron chi connectivity index (χ2n) is 5.15. The topological polar surface area (TPSA) is 94.4 Å². The van der Waals surface area contributed by atoms with Gasteiger partial charge in [0.1, 0.15) is 16.8 Å². The van der Waals surface area contributed by atoms with Gasteiger partial charge in [-0.15, -0.1) is 0 Å². The van der Waals surface area contributed by atoms with Gasteiger partial charge in [0, 0.05) is 10.6 Å². The van der Waals surface area contributed by atoms with Crippen LogP contribution in [0.2, 0.25) is 5.02 Å². The number of rotatable bonds is 4. The number of esters is 2. The van der Waals surface area contributed by atoms with Gasteiger partial charge in [-0.3, -0.25) is 4.79 Å². The lowest BCUT2D eigenvalue weighted by molar-refractivity contribution is -0.133. The van der Waals surface area contributed by atoms with Crippen molar-refractivity contribution in [1.29, 1.82) is 0 Å². The van der Waals surface area contributed by atoms with Crippen molar-refractivity contribution in [2.75, 3.05) is 14.2 Å². The second kappa shape index (κ2) is 7.20. The molecular weight excluding hydrogens is 368 g/mol. The largest absolute Gasteiger partial charge is 0.464 e. The number of carbonyl (C=O) groups excluding carboxylic acids is 3. The van der Waals surface area contributed by atoms with E-state index in [9.17, 15) is 14.4 Å². The molecule has 0 saturated carbocycles. The summed E-state index contributed by atoms with van der Waals surface area (Å²) in [7, 11) is 2.26. The highest BCUT2D eigenvalue weighted by Crippen LogP contribution is 2.32. The van der Waals surface area contributed by atoms with Crippen LogP contribution in [0.3, 0.4) is 0 Å². The Bertz CT molecular complexity index is 793. The zero-order chi connectivity index (χ0) is 18.8. The van der Waals surface area contributed by atoms with Crippen LogP contribution in [-0.4, -0.2) is 48.5 Å². The Morgan fingerprint density at radius 3 is 1.84 bits per heavy atom. The minimum absolute atomic E-state index is 0.202. The molecule has 0 saturated heterocycles. The fourth-order valence-electron chi connectivity index (χ4n) is 2.35. The second-order valence-corrected chi connectivity index (χ2v) is 5.95. The third-order valence-electron chi connectivity index (χ3n) is 3.68. The molecule has 0 spiro atoms. The summed E-state index contributed by atoms with van der Waals surface area (Å²) >= 11 is 10.7. The number of carbonyl (C=O) groups is 3. The highest BCUT2D eigenvalue weighted by atomic mass is 35.5. The third-order valence-corrected chi connectivity index (χ3v) is 4.11. The van der Waals surface area contributed by atoms with Crippen LogP contribution in [0.5, 0.6) is 0 Å². The number of methoxy groups -OCH3 is 2. The lowest BCUT2D eigenvalue weighted by atomic mass is 9.73. The van der Waals surface area contributed by atoms with Gasteiger partial charge in [0.05, 0.1) is 14.2 Å². The molecule has 25 heavy (non-hydrogen) atoms. The summed E-state index contributed by atoms with van der Waals surface area (Å²) in [6, 6.07) is 5.95. The average molecular weight is 381 g/mol. The van der Waals surface area contributed by atoms with Gasteiger partial charge in [0.25, 0.3) is 0 Å². The number of nitrogens with zero attached hydrogens (tertiary/aromatic N) is 2. The molecule has 1 aromatic carbocycles. The molecule has 7 nitrogen and oxygen atoms in total. The van der Waals surface area contributed by atoms with E-state index in [1.807, 2.05) is 0 Å². The highest BCUT2D eigenvalue weighted by molar-refractivity contribution is 7.80. The van der Waals surface area contributed by atoms with Crippen LogP contribution in [0.1, 0.15) is 17.3 Å². The van der Waals surface area contributed by atoms with E-state index in [1.54, 1.807) is 0 Å². The fraction of sp³-hybridized carbons (Fsp3) is 0.250. The summed E-state index contributed by atoms with van der Waals surface area (Å²) < 4.78 is 9.38. The maximum absolute atomic E-state index is 13.1. The quantitative estimate of drug-likeness (QED) is 0.451. The van der Waals surface area contributed by atoms with Crippen LogP contribution < -0.4 is 0 Å². The molecule has 2 rings (SSSR count). The van der Waals surface area contributed by atoms with E-state index in [2.05, 4.69) is 9.98 Å². The van der Waals surface area contributed by atoms with Crippen molar-refractivity contribution in [2.45, 2.75) is 6.92 Å². The van der Waals surface area contributed by atoms with Crippen LogP contribution in [0, 0.1) is 5.41 Å². The van der Waals surface area contributed by atoms with Gasteiger partial charge in [-0.05, 0) is 43.4 Å². The number of hydrogen-bond donors (Lipinski definition) is 0. The number of aliphatic imine (C=N–C) groups is 2. The van der Waals surface area contributed by atoms with E-state index in [0.717, 1.165) is 14.2 Å². The molecule has 0 unspecified atom stereocenters. The maximum atomic E-state index is 13.1. The summed E-state index contributed by atoms with van der Waals surface area (Å²) in [6.07, 6.45) is 0. The van der Waals surface area contributed by atoms with Crippen molar-refractivity contribution in [3.8, 4) is 0 Å². The number of thiocarbonyl (C=S) groups is 1. The predicted octanol–water partition coefficient (Wildman–Crippen LogP) is 2.06. The maximum Gasteiger partial charge on any atom is 0.354 e. The molecule has 0 amide bonds.